The van der Waals surface area contributed by atoms with Crippen LogP contribution in [0.15, 0.2) is 16.5 Å². The van der Waals surface area contributed by atoms with Crippen LogP contribution in [0.2, 0.25) is 0 Å². The van der Waals surface area contributed by atoms with E-state index in [2.05, 4.69) is 0 Å². The number of ketones is 2. The highest BCUT2D eigenvalue weighted by molar-refractivity contribution is 5.84. The Hall–Kier alpha value is -5.44. The van der Waals surface area contributed by atoms with Crippen molar-refractivity contribution in [2.24, 2.45) is 5.92 Å². The van der Waals surface area contributed by atoms with Crippen molar-refractivity contribution in [3.05, 3.63) is 23.7 Å². The largest absolute Gasteiger partial charge is 0.456 e. The molecule has 0 radical (unpaired) electrons. The van der Waals surface area contributed by atoms with Crippen LogP contribution in [0.25, 0.3) is 0 Å². The maximum absolute atomic E-state index is 10.5. The Morgan fingerprint density at radius 1 is 0.379 bits per heavy atom. The monoisotopic (exact) mass is 1970 g/mol. The first-order chi connectivity index (χ1) is 61.9. The van der Waals surface area contributed by atoms with Gasteiger partial charge in [0.25, 0.3) is 0 Å². The lowest BCUT2D eigenvalue weighted by molar-refractivity contribution is -0.228. The van der Waals surface area contributed by atoms with Gasteiger partial charge < -0.3 is 292 Å². The molecule has 1 aromatic rings. The van der Waals surface area contributed by atoms with Crippen LogP contribution in [-0.2, 0) is 59.1 Å². The molecule has 1 aliphatic carbocycles. The zero-order valence-electron chi connectivity index (χ0n) is 71.4. The van der Waals surface area contributed by atoms with Crippen LogP contribution in [0.5, 0.6) is 0 Å². The van der Waals surface area contributed by atoms with Gasteiger partial charge in [-0.3, -0.25) is 14.4 Å². The summed E-state index contributed by atoms with van der Waals surface area (Å²) in [5.41, 5.74) is 0. The fraction of sp³-hybridized carbons (Fsp3) is 0.831. The second kappa shape index (κ2) is 100. The molecule has 0 amide bonds. The van der Waals surface area contributed by atoms with E-state index in [1.54, 1.807) is 6.07 Å². The van der Waals surface area contributed by atoms with Gasteiger partial charge in [0, 0.05) is 5.92 Å². The third-order valence-corrected chi connectivity index (χ3v) is 15.0. The topological polar surface area (TPSA) is 1160 Å². The van der Waals surface area contributed by atoms with E-state index in [4.69, 9.17) is 263 Å². The predicted octanol–water partition coefficient (Wildman–Crippen LogP) is -28.3. The highest BCUT2D eigenvalue weighted by atomic mass is 16.7. The van der Waals surface area contributed by atoms with Crippen molar-refractivity contribution in [2.45, 2.75) is 210 Å². The molecule has 794 valence electrons. The minimum absolute atomic E-state index is 0.0258. The molecule has 132 heavy (non-hydrogen) atoms. The van der Waals surface area contributed by atoms with Crippen molar-refractivity contribution in [2.75, 3.05) is 159 Å². The summed E-state index contributed by atoms with van der Waals surface area (Å²) < 4.78 is 24.9. The molecule has 1 saturated carbocycles. The summed E-state index contributed by atoms with van der Waals surface area (Å²) in [5.74, 6) is -1.25. The molecule has 4 aliphatic heterocycles. The van der Waals surface area contributed by atoms with Crippen LogP contribution < -0.4 is 0 Å². The fourth-order valence-electron chi connectivity index (χ4n) is 7.41. The Kier molecular flexibility index (Phi) is 113. The van der Waals surface area contributed by atoms with Gasteiger partial charge in [0.15, 0.2) is 48.8 Å². The number of ether oxygens (including phenoxy) is 4. The van der Waals surface area contributed by atoms with Gasteiger partial charge in [0.05, 0.1) is 163 Å². The summed E-state index contributed by atoms with van der Waals surface area (Å²) in [6, 6.07) is 3.07. The zero-order valence-corrected chi connectivity index (χ0v) is 71.4. The lowest BCUT2D eigenvalue weighted by atomic mass is 9.99. The minimum atomic E-state index is -1.86. The molecule has 0 aromatic carbocycles. The van der Waals surface area contributed by atoms with Gasteiger partial charge in [0.1, 0.15) is 197 Å². The Morgan fingerprint density at radius 2 is 0.750 bits per heavy atom. The van der Waals surface area contributed by atoms with Crippen LogP contribution >= 0.6 is 0 Å². The minimum Gasteiger partial charge on any atom is -0.456 e. The quantitative estimate of drug-likeness (QED) is 0.0277. The lowest BCUT2D eigenvalue weighted by Crippen LogP contribution is -2.53. The molecule has 1 aromatic heterocycles. The highest BCUT2D eigenvalue weighted by Gasteiger charge is 2.49. The van der Waals surface area contributed by atoms with E-state index in [0.29, 0.717) is 37.5 Å². The van der Waals surface area contributed by atoms with Crippen LogP contribution in [0.4, 0.5) is 0 Å². The molecule has 5 aliphatic rings. The molecule has 0 spiro atoms. The molecule has 6 rings (SSSR count). The van der Waals surface area contributed by atoms with Crippen LogP contribution in [0.3, 0.4) is 0 Å². The molecular weight excluding hydrogens is 1830 g/mol. The molecule has 30 atom stereocenters. The highest BCUT2D eigenvalue weighted by Crippen LogP contribution is 2.30. The molecular formula is C71H144O61. The van der Waals surface area contributed by atoms with E-state index in [1.807, 2.05) is 0 Å². The standard InChI is InChI=1S/C7H14O4.C6H14O6.2C6H12O6.C6H10O5.C6H10O4.C6H6O3.C4H10O4.C4H8O4.C3H8O3.2C3H6O3.C3H8O2.2C2H6O2.2C2H4O2/c8-3-6(10)4-1-2-5(9)7(4)11;3*7-1-3(9)5(11)6(12)4(10)2-8;7-3-2-1-10-6(11-2)5(9)4(3)8;7-3-1-9-6-4(8)2-10-5(3)6;7-3-5-1-2-6(4-8)9-5;2*5-1-3(7)4(8)2-6;3*4-1-3(6)2-5;1-3(5)2-4;4*3-1-2-4/h4-11H,1-3H2;3-12H,1-2H2;3,5-9,11-12H,1-2H2;1,3-6,8-12H,2H2;2-9H,1H2;3-8H,1-2H2;1-3,8H,4H2;3-8H,1-2H2;1,3-4,6-8H,2H2;3-6H,1-2H2;4-5H,1-2H2;1,3,5-6H,2H2;3-5H,2H2,1H3;2*3-4H,1-2H2;2*1,4H,2H2/t4?,5-,6+,7-;3-,4+,5-,6-;3-,5-,6-;3-,4+,5+,6+;2?,3-,4-,5?,6-;3-,4+,5-,6-;;2*3-,4+;;;;;;;;/m011011..0......../s1. The van der Waals surface area contributed by atoms with E-state index >= 15 is 0 Å². The summed E-state index contributed by atoms with van der Waals surface area (Å²) in [7, 11) is 0. The molecule has 4 saturated heterocycles. The second-order valence-electron chi connectivity index (χ2n) is 25.6. The molecule has 5 unspecified atom stereocenters. The summed E-state index contributed by atoms with van der Waals surface area (Å²) in [6.07, 6.45) is -32.2. The fourth-order valence-corrected chi connectivity index (χ4v) is 7.41. The van der Waals surface area contributed by atoms with Crippen molar-refractivity contribution < 1.29 is 307 Å². The van der Waals surface area contributed by atoms with Crippen LogP contribution in [-0.4, -0.2) is 636 Å². The van der Waals surface area contributed by atoms with Crippen molar-refractivity contribution >= 4 is 49.3 Å². The van der Waals surface area contributed by atoms with Crippen molar-refractivity contribution in [1.82, 2.24) is 0 Å². The van der Waals surface area contributed by atoms with Gasteiger partial charge in [-0.05, 0) is 31.9 Å². The molecule has 48 N–H and O–H groups in total. The number of furan rings is 1. The smallest absolute Gasteiger partial charge is 0.189 e. The Labute approximate surface area is 752 Å². The molecule has 2 bridgehead atoms. The number of hydrogen-bond acceptors (Lipinski definition) is 61. The number of hydrogen-bond donors (Lipinski definition) is 48. The van der Waals surface area contributed by atoms with Gasteiger partial charge in [-0.25, -0.2) is 0 Å². The SMILES string of the molecule is CC(O)CO.O=C(CO)CO.O=C(CO)[C@@H](O)[C@H](O)[C@H](O)CO.O=CC(O)CO.O=CCO.O=CCO.O=C[C@H](O)[C@@H](O)[C@H](O)[C@H](O)CO.O=C[C@H](O)[C@H](O)CO.O=Cc1ccc(CO)o1.OC1[C@@H]2OCC(O2)[C@@H](O)[C@H]1O.OCC(O)CO.OCCO.OCCO.OC[C@@H](O)C1CC[C@H](O)[C@H]1O.OC[C@@H](O)[C@@H](O)CO.OC[C@@H](O)[C@@H](O)[C@H](O)[C@@H](O)CO.O[C@@H]1CO[C@H]2[C@@H]1OC[C@@H]2O. The zero-order chi connectivity index (χ0) is 105. The van der Waals surface area contributed by atoms with Crippen molar-refractivity contribution in [3.8, 4) is 0 Å². The van der Waals surface area contributed by atoms with E-state index in [1.165, 1.54) is 13.0 Å². The Morgan fingerprint density at radius 3 is 0.977 bits per heavy atom. The molecule has 61 nitrogen and oxygen atoms in total. The summed E-state index contributed by atoms with van der Waals surface area (Å²) in [6.45, 7) is -7.42. The van der Waals surface area contributed by atoms with Crippen molar-refractivity contribution in [3.63, 3.8) is 0 Å². The normalized spacial score (nSPS) is 23.3. The number of carbonyl (C=O) groups is 8. The second-order valence-corrected chi connectivity index (χ2v) is 25.6. The molecule has 61 heteroatoms. The van der Waals surface area contributed by atoms with Gasteiger partial charge in [-0.1, -0.05) is 0 Å². The number of rotatable bonds is 36. The third kappa shape index (κ3) is 78.6. The average molecular weight is 1970 g/mol. The third-order valence-electron chi connectivity index (χ3n) is 15.0. The first-order valence-corrected chi connectivity index (χ1v) is 38.3. The number of Topliss-reactive ketones (excluding diaryl/α,β-unsaturated/α-hetero) is 2. The van der Waals surface area contributed by atoms with Gasteiger partial charge in [-0.15, -0.1) is 0 Å². The number of aliphatic hydroxyl groups excluding tert-OH is 48. The number of aldehydes is 6. The lowest BCUT2D eigenvalue weighted by Gasteiger charge is -2.32. The number of carbonyl (C=O) groups excluding carboxylic acids is 8. The maximum atomic E-state index is 10.5. The first-order valence-electron chi connectivity index (χ1n) is 38.3. The van der Waals surface area contributed by atoms with E-state index in [9.17, 15) is 44.1 Å². The number of aliphatic hydroxyl groups is 48. The summed E-state index contributed by atoms with van der Waals surface area (Å²) in [4.78, 5) is 76.8. The summed E-state index contributed by atoms with van der Waals surface area (Å²) >= 11 is 0. The van der Waals surface area contributed by atoms with Crippen LogP contribution in [0, 0.1) is 5.92 Å². The average Bonchev–Trinajstić information content (AvgIpc) is 1.68. The van der Waals surface area contributed by atoms with Gasteiger partial charge in [0.2, 0.25) is 0 Å². The molecule has 5 heterocycles. The van der Waals surface area contributed by atoms with E-state index in [-0.39, 0.29) is 135 Å². The number of fused-ring (bicyclic) bond motifs is 3. The predicted molar refractivity (Wildman–Crippen MR) is 428 cm³/mol. The van der Waals surface area contributed by atoms with E-state index < -0.39 is 255 Å². The maximum Gasteiger partial charge on any atom is 0.189 e. The Bertz CT molecular complexity index is 2590. The summed E-state index contributed by atoms with van der Waals surface area (Å²) in [5, 5.41) is 404. The molecule has 5 fully saturated rings. The Balaban J connectivity index is -0.000000133. The van der Waals surface area contributed by atoms with Crippen LogP contribution in [0.1, 0.15) is 36.1 Å². The first kappa shape index (κ1) is 149. The van der Waals surface area contributed by atoms with E-state index in [0.717, 1.165) is 0 Å². The van der Waals surface area contributed by atoms with Gasteiger partial charge in [-0.2, -0.15) is 0 Å². The van der Waals surface area contributed by atoms with Gasteiger partial charge >= 0.3 is 0 Å². The van der Waals surface area contributed by atoms with Crippen molar-refractivity contribution in [1.29, 1.82) is 0 Å².